The zero-order valence-electron chi connectivity index (χ0n) is 20.6. The van der Waals surface area contributed by atoms with Crippen LogP contribution in [-0.4, -0.2) is 58.1 Å². The van der Waals surface area contributed by atoms with Gasteiger partial charge in [-0.05, 0) is 49.6 Å². The molecule has 1 N–H and O–H groups in total. The monoisotopic (exact) mass is 489 g/mol. The highest BCUT2D eigenvalue weighted by Crippen LogP contribution is 2.22. The third-order valence-electron chi connectivity index (χ3n) is 5.62. The van der Waals surface area contributed by atoms with Crippen LogP contribution in [0.15, 0.2) is 48.5 Å². The van der Waals surface area contributed by atoms with Gasteiger partial charge in [0.2, 0.25) is 21.8 Å². The van der Waals surface area contributed by atoms with Gasteiger partial charge in [-0.15, -0.1) is 0 Å². The third kappa shape index (κ3) is 7.48. The molecule has 0 aliphatic rings. The fourth-order valence-electron chi connectivity index (χ4n) is 3.73. The minimum Gasteiger partial charge on any atom is -0.497 e. The van der Waals surface area contributed by atoms with Gasteiger partial charge in [-0.1, -0.05) is 36.8 Å². The lowest BCUT2D eigenvalue weighted by atomic mass is 10.1. The number of likely N-dealkylation sites (N-methyl/N-ethyl adjacent to an activating group) is 1. The van der Waals surface area contributed by atoms with E-state index in [0.29, 0.717) is 30.8 Å². The molecule has 2 aromatic rings. The van der Waals surface area contributed by atoms with Crippen LogP contribution in [0.5, 0.6) is 5.75 Å². The average Bonchev–Trinajstić information content (AvgIpc) is 2.82. The summed E-state index contributed by atoms with van der Waals surface area (Å²) in [6.45, 7) is 4.30. The van der Waals surface area contributed by atoms with Crippen LogP contribution in [0.4, 0.5) is 5.69 Å². The molecular weight excluding hydrogens is 454 g/mol. The summed E-state index contributed by atoms with van der Waals surface area (Å²) < 4.78 is 31.2. The molecule has 34 heavy (non-hydrogen) atoms. The summed E-state index contributed by atoms with van der Waals surface area (Å²) in [5.74, 6) is 0.206. The predicted molar refractivity (Wildman–Crippen MR) is 134 cm³/mol. The van der Waals surface area contributed by atoms with Gasteiger partial charge in [0.1, 0.15) is 11.8 Å². The molecule has 9 heteroatoms. The van der Waals surface area contributed by atoms with E-state index in [4.69, 9.17) is 4.74 Å². The number of benzene rings is 2. The second-order valence-corrected chi connectivity index (χ2v) is 10.1. The molecule has 2 rings (SSSR count). The first-order valence-corrected chi connectivity index (χ1v) is 13.1. The maximum Gasteiger partial charge on any atom is 0.242 e. The largest absolute Gasteiger partial charge is 0.497 e. The van der Waals surface area contributed by atoms with Gasteiger partial charge in [0.05, 0.1) is 19.1 Å². The molecule has 8 nitrogen and oxygen atoms in total. The number of rotatable bonds is 12. The molecule has 0 spiro atoms. The summed E-state index contributed by atoms with van der Waals surface area (Å²) in [6, 6.07) is 14.0. The van der Waals surface area contributed by atoms with Crippen LogP contribution < -0.4 is 14.4 Å². The number of nitrogens with zero attached hydrogens (tertiary/aromatic N) is 2. The van der Waals surface area contributed by atoms with E-state index < -0.39 is 16.1 Å². The number of ether oxygens (including phenoxy) is 1. The highest BCUT2D eigenvalue weighted by molar-refractivity contribution is 7.92. The van der Waals surface area contributed by atoms with Gasteiger partial charge in [0, 0.05) is 26.6 Å². The average molecular weight is 490 g/mol. The standard InChI is InChI=1S/C25H35N3O5S/c1-6-23(25(30)26-3)27(18-20-11-9-19(2)10-12-20)24(29)8-7-17-28(34(5,31)32)21-13-15-22(33-4)16-14-21/h9-16,23H,6-8,17-18H2,1-5H3,(H,26,30). The Morgan fingerprint density at radius 1 is 1.06 bits per heavy atom. The number of amides is 2. The maximum absolute atomic E-state index is 13.2. The minimum absolute atomic E-state index is 0.113. The molecule has 0 bridgehead atoms. The van der Waals surface area contributed by atoms with E-state index in [-0.39, 0.29) is 24.8 Å². The van der Waals surface area contributed by atoms with Crippen LogP contribution in [0.25, 0.3) is 0 Å². The van der Waals surface area contributed by atoms with Gasteiger partial charge in [-0.25, -0.2) is 8.42 Å². The van der Waals surface area contributed by atoms with E-state index >= 15 is 0 Å². The van der Waals surface area contributed by atoms with Gasteiger partial charge >= 0.3 is 0 Å². The number of hydrogen-bond donors (Lipinski definition) is 1. The second kappa shape index (κ2) is 12.4. The van der Waals surface area contributed by atoms with E-state index in [0.717, 1.165) is 17.4 Å². The maximum atomic E-state index is 13.2. The Kier molecular flexibility index (Phi) is 9.92. The van der Waals surface area contributed by atoms with Crippen molar-refractivity contribution in [3.8, 4) is 5.75 Å². The van der Waals surface area contributed by atoms with Crippen molar-refractivity contribution in [1.82, 2.24) is 10.2 Å². The summed E-state index contributed by atoms with van der Waals surface area (Å²) in [7, 11) is -0.448. The smallest absolute Gasteiger partial charge is 0.242 e. The van der Waals surface area contributed by atoms with Gasteiger partial charge in [0.25, 0.3) is 0 Å². The van der Waals surface area contributed by atoms with Crippen molar-refractivity contribution in [1.29, 1.82) is 0 Å². The van der Waals surface area contributed by atoms with E-state index in [1.54, 1.807) is 43.3 Å². The number of anilines is 1. The summed E-state index contributed by atoms with van der Waals surface area (Å²) in [5, 5.41) is 2.64. The Morgan fingerprint density at radius 3 is 2.18 bits per heavy atom. The van der Waals surface area contributed by atoms with Gasteiger partial charge in [-0.3, -0.25) is 13.9 Å². The van der Waals surface area contributed by atoms with Crippen LogP contribution in [0.3, 0.4) is 0 Å². The molecule has 0 radical (unpaired) electrons. The van der Waals surface area contributed by atoms with E-state index in [1.807, 2.05) is 38.1 Å². The fraction of sp³-hybridized carbons (Fsp3) is 0.440. The number of carbonyl (C=O) groups excluding carboxylic acids is 2. The molecule has 0 fully saturated rings. The Hall–Kier alpha value is -3.07. The number of methoxy groups -OCH3 is 1. The van der Waals surface area contributed by atoms with Gasteiger partial charge in [0.15, 0.2) is 0 Å². The Bertz CT molecular complexity index is 1050. The molecule has 2 aromatic carbocycles. The quantitative estimate of drug-likeness (QED) is 0.494. The van der Waals surface area contributed by atoms with Gasteiger partial charge < -0.3 is 15.0 Å². The normalized spacial score (nSPS) is 12.0. The lowest BCUT2D eigenvalue weighted by Gasteiger charge is -2.31. The summed E-state index contributed by atoms with van der Waals surface area (Å²) >= 11 is 0. The van der Waals surface area contributed by atoms with Crippen molar-refractivity contribution in [3.63, 3.8) is 0 Å². The first-order valence-electron chi connectivity index (χ1n) is 11.3. The lowest BCUT2D eigenvalue weighted by molar-refractivity contribution is -0.141. The van der Waals surface area contributed by atoms with Crippen LogP contribution in [0.1, 0.15) is 37.3 Å². The van der Waals surface area contributed by atoms with Crippen molar-refractivity contribution in [2.45, 2.75) is 45.7 Å². The topological polar surface area (TPSA) is 96.0 Å². The summed E-state index contributed by atoms with van der Waals surface area (Å²) in [5.41, 5.74) is 2.54. The molecule has 0 saturated heterocycles. The molecule has 0 heterocycles. The van der Waals surface area contributed by atoms with Crippen LogP contribution in [-0.2, 0) is 26.2 Å². The number of hydrogen-bond acceptors (Lipinski definition) is 5. The fourth-order valence-corrected chi connectivity index (χ4v) is 4.69. The van der Waals surface area contributed by atoms with Crippen molar-refractivity contribution < 1.29 is 22.7 Å². The van der Waals surface area contributed by atoms with Crippen molar-refractivity contribution in [2.24, 2.45) is 0 Å². The molecule has 1 unspecified atom stereocenters. The number of sulfonamides is 1. The molecule has 0 aromatic heterocycles. The first-order chi connectivity index (χ1) is 16.1. The Balaban J connectivity index is 2.17. The van der Waals surface area contributed by atoms with Crippen LogP contribution in [0.2, 0.25) is 0 Å². The van der Waals surface area contributed by atoms with Gasteiger partial charge in [-0.2, -0.15) is 0 Å². The highest BCUT2D eigenvalue weighted by atomic mass is 32.2. The van der Waals surface area contributed by atoms with Crippen molar-refractivity contribution >= 4 is 27.5 Å². The van der Waals surface area contributed by atoms with Crippen molar-refractivity contribution in [2.75, 3.05) is 31.3 Å². The number of carbonyl (C=O) groups is 2. The van der Waals surface area contributed by atoms with E-state index in [2.05, 4.69) is 5.32 Å². The van der Waals surface area contributed by atoms with Crippen LogP contribution >= 0.6 is 0 Å². The van der Waals surface area contributed by atoms with Crippen molar-refractivity contribution in [3.05, 3.63) is 59.7 Å². The van der Waals surface area contributed by atoms with Crippen LogP contribution in [0, 0.1) is 6.92 Å². The minimum atomic E-state index is -3.54. The lowest BCUT2D eigenvalue weighted by Crippen LogP contribution is -2.48. The second-order valence-electron chi connectivity index (χ2n) is 8.18. The Labute approximate surface area is 202 Å². The highest BCUT2D eigenvalue weighted by Gasteiger charge is 2.28. The predicted octanol–water partition coefficient (Wildman–Crippen LogP) is 3.10. The Morgan fingerprint density at radius 2 is 1.68 bits per heavy atom. The molecule has 1 atom stereocenters. The first kappa shape index (κ1) is 27.2. The molecule has 186 valence electrons. The summed E-state index contributed by atoms with van der Waals surface area (Å²) in [6.07, 6.45) is 2.04. The molecular formula is C25H35N3O5S. The molecule has 2 amide bonds. The third-order valence-corrected chi connectivity index (χ3v) is 6.81. The van der Waals surface area contributed by atoms with E-state index in [1.165, 1.54) is 4.31 Å². The summed E-state index contributed by atoms with van der Waals surface area (Å²) in [4.78, 5) is 27.3. The van der Waals surface area contributed by atoms with E-state index in [9.17, 15) is 18.0 Å². The molecule has 0 aliphatic heterocycles. The SMILES string of the molecule is CCC(C(=O)NC)N(Cc1ccc(C)cc1)C(=O)CCCN(c1ccc(OC)cc1)S(C)(=O)=O. The molecule has 0 aliphatic carbocycles. The number of aryl methyl sites for hydroxylation is 1. The molecule has 0 saturated carbocycles. The number of nitrogens with one attached hydrogen (secondary N) is 1. The zero-order valence-corrected chi connectivity index (χ0v) is 21.4. The zero-order chi connectivity index (χ0) is 25.3.